The summed E-state index contributed by atoms with van der Waals surface area (Å²) in [6.07, 6.45) is 0. The zero-order chi connectivity index (χ0) is 30.1. The van der Waals surface area contributed by atoms with E-state index in [0.29, 0.717) is 28.0 Å². The van der Waals surface area contributed by atoms with Crippen molar-refractivity contribution in [2.45, 2.75) is 39.0 Å². The average molecular weight is 628 g/mol. The highest BCUT2D eigenvalue weighted by Crippen LogP contribution is 2.34. The highest BCUT2D eigenvalue weighted by Gasteiger charge is 2.27. The quantitative estimate of drug-likeness (QED) is 0.158. The molecule has 220 valence electrons. The predicted octanol–water partition coefficient (Wildman–Crippen LogP) is 4.77. The lowest BCUT2D eigenvalue weighted by Crippen LogP contribution is -2.24. The Hall–Kier alpha value is -4.01. The summed E-state index contributed by atoms with van der Waals surface area (Å²) in [7, 11) is 0. The van der Waals surface area contributed by atoms with Gasteiger partial charge in [0.05, 0.1) is 42.5 Å². The average Bonchev–Trinajstić information content (AvgIpc) is 3.71. The van der Waals surface area contributed by atoms with Gasteiger partial charge in [-0.15, -0.1) is 32.9 Å². The first-order valence-corrected chi connectivity index (χ1v) is 15.7. The number of hydrogen-bond donors (Lipinski definition) is 2. The van der Waals surface area contributed by atoms with Crippen LogP contribution in [0.15, 0.2) is 53.0 Å². The number of rotatable bonds is 13. The van der Waals surface area contributed by atoms with Crippen molar-refractivity contribution in [3.05, 3.63) is 80.1 Å². The Morgan fingerprint density at radius 3 is 2.40 bits per heavy atom. The summed E-state index contributed by atoms with van der Waals surface area (Å²) in [4.78, 5) is 51.5. The first kappa shape index (κ1) is 30.9. The van der Waals surface area contributed by atoms with Gasteiger partial charge in [-0.1, -0.05) is 48.2 Å². The van der Waals surface area contributed by atoms with Crippen molar-refractivity contribution >= 4 is 63.2 Å². The standard InChI is InChI=1S/C28H29N5O6S3/c1-4-38-26(36)22-17(3)23(27(37)39-5-2)42-25(22)30-21(34)16-41-28-32-31-20(14-29-24(35)19-12-9-13-40-19)33(28)15-18-10-7-6-8-11-18/h6-13H,4-5,14-16H2,1-3H3,(H,29,35)(H,30,34). The zero-order valence-corrected chi connectivity index (χ0v) is 25.6. The Bertz CT molecular complexity index is 1550. The summed E-state index contributed by atoms with van der Waals surface area (Å²) >= 11 is 3.47. The van der Waals surface area contributed by atoms with Crippen LogP contribution in [0.1, 0.15) is 60.5 Å². The summed E-state index contributed by atoms with van der Waals surface area (Å²) in [5, 5.41) is 16.7. The van der Waals surface area contributed by atoms with E-state index in [-0.39, 0.29) is 46.9 Å². The summed E-state index contributed by atoms with van der Waals surface area (Å²) in [5.41, 5.74) is 1.50. The maximum absolute atomic E-state index is 13.1. The molecule has 0 spiro atoms. The Labute approximate surface area is 254 Å². The number of thiophene rings is 2. The second kappa shape index (κ2) is 14.8. The van der Waals surface area contributed by atoms with Crippen LogP contribution in [0.2, 0.25) is 0 Å². The molecule has 0 radical (unpaired) electrons. The van der Waals surface area contributed by atoms with E-state index >= 15 is 0 Å². The fourth-order valence-electron chi connectivity index (χ4n) is 3.87. The number of hydrogen-bond acceptors (Lipinski definition) is 11. The van der Waals surface area contributed by atoms with Crippen LogP contribution in [0, 0.1) is 6.92 Å². The highest BCUT2D eigenvalue weighted by atomic mass is 32.2. The maximum atomic E-state index is 13.1. The molecule has 42 heavy (non-hydrogen) atoms. The van der Waals surface area contributed by atoms with Gasteiger partial charge in [-0.3, -0.25) is 9.59 Å². The van der Waals surface area contributed by atoms with Crippen molar-refractivity contribution in [1.82, 2.24) is 20.1 Å². The molecule has 2 amide bonds. The number of carbonyl (C=O) groups is 4. The Balaban J connectivity index is 1.50. The molecule has 0 bridgehead atoms. The molecule has 3 aromatic heterocycles. The van der Waals surface area contributed by atoms with Crippen LogP contribution in [0.25, 0.3) is 0 Å². The molecule has 0 aliphatic heterocycles. The monoisotopic (exact) mass is 627 g/mol. The minimum atomic E-state index is -0.637. The molecule has 4 rings (SSSR count). The number of ether oxygens (including phenoxy) is 2. The van der Waals surface area contributed by atoms with Gasteiger partial charge in [0, 0.05) is 0 Å². The normalized spacial score (nSPS) is 10.7. The molecule has 11 nitrogen and oxygen atoms in total. The molecule has 0 unspecified atom stereocenters. The minimum Gasteiger partial charge on any atom is -0.462 e. The molecule has 0 aliphatic carbocycles. The van der Waals surface area contributed by atoms with Gasteiger partial charge >= 0.3 is 11.9 Å². The Morgan fingerprint density at radius 2 is 1.71 bits per heavy atom. The van der Waals surface area contributed by atoms with Gasteiger partial charge in [-0.25, -0.2) is 9.59 Å². The number of nitrogens with zero attached hydrogens (tertiary/aromatic N) is 3. The smallest absolute Gasteiger partial charge is 0.348 e. The molecule has 0 aliphatic rings. The van der Waals surface area contributed by atoms with Crippen LogP contribution >= 0.6 is 34.4 Å². The summed E-state index contributed by atoms with van der Waals surface area (Å²) in [6.45, 7) is 5.87. The third-order valence-electron chi connectivity index (χ3n) is 5.80. The van der Waals surface area contributed by atoms with E-state index in [2.05, 4.69) is 20.8 Å². The second-order valence-corrected chi connectivity index (χ2v) is 11.6. The van der Waals surface area contributed by atoms with Gasteiger partial charge < -0.3 is 24.7 Å². The van der Waals surface area contributed by atoms with E-state index < -0.39 is 17.8 Å². The van der Waals surface area contributed by atoms with E-state index in [4.69, 9.17) is 9.47 Å². The number of aromatic nitrogens is 3. The van der Waals surface area contributed by atoms with Crippen LogP contribution < -0.4 is 10.6 Å². The highest BCUT2D eigenvalue weighted by molar-refractivity contribution is 7.99. The molecule has 1 aromatic carbocycles. The van der Waals surface area contributed by atoms with Gasteiger partial charge in [0.1, 0.15) is 9.88 Å². The van der Waals surface area contributed by atoms with Gasteiger partial charge in [-0.05, 0) is 43.3 Å². The van der Waals surface area contributed by atoms with Gasteiger partial charge in [0.15, 0.2) is 11.0 Å². The van der Waals surface area contributed by atoms with E-state index in [1.54, 1.807) is 26.8 Å². The Kier molecular flexibility index (Phi) is 10.9. The minimum absolute atomic E-state index is 0.0531. The van der Waals surface area contributed by atoms with E-state index in [9.17, 15) is 19.2 Å². The van der Waals surface area contributed by atoms with E-state index in [0.717, 1.165) is 28.7 Å². The fourth-order valence-corrected chi connectivity index (χ4v) is 6.37. The third kappa shape index (κ3) is 7.63. The molecule has 2 N–H and O–H groups in total. The molecule has 3 heterocycles. The summed E-state index contributed by atoms with van der Waals surface area (Å²) < 4.78 is 12.1. The number of amides is 2. The van der Waals surface area contributed by atoms with E-state index in [1.165, 1.54) is 11.3 Å². The summed E-state index contributed by atoms with van der Waals surface area (Å²) in [6, 6.07) is 13.2. The largest absolute Gasteiger partial charge is 0.462 e. The third-order valence-corrected chi connectivity index (χ3v) is 8.82. The molecule has 0 saturated carbocycles. The predicted molar refractivity (Wildman–Crippen MR) is 161 cm³/mol. The van der Waals surface area contributed by atoms with Crippen LogP contribution in [0.5, 0.6) is 0 Å². The molecule has 14 heteroatoms. The van der Waals surface area contributed by atoms with Gasteiger partial charge in [-0.2, -0.15) is 0 Å². The Morgan fingerprint density at radius 1 is 0.976 bits per heavy atom. The topological polar surface area (TPSA) is 142 Å². The van der Waals surface area contributed by atoms with Crippen LogP contribution in [-0.2, 0) is 27.4 Å². The van der Waals surface area contributed by atoms with Gasteiger partial charge in [0.2, 0.25) is 5.91 Å². The lowest BCUT2D eigenvalue weighted by molar-refractivity contribution is -0.113. The van der Waals surface area contributed by atoms with Crippen LogP contribution in [0.4, 0.5) is 5.00 Å². The van der Waals surface area contributed by atoms with E-state index in [1.807, 2.05) is 46.3 Å². The molecular weight excluding hydrogens is 599 g/mol. The second-order valence-electron chi connectivity index (χ2n) is 8.67. The van der Waals surface area contributed by atoms with Crippen molar-refractivity contribution in [2.24, 2.45) is 0 Å². The number of carbonyl (C=O) groups excluding carboxylic acids is 4. The molecule has 0 atom stereocenters. The first-order chi connectivity index (χ1) is 20.3. The molecule has 0 fully saturated rings. The zero-order valence-electron chi connectivity index (χ0n) is 23.2. The van der Waals surface area contributed by atoms with Gasteiger partial charge in [0.25, 0.3) is 5.91 Å². The lowest BCUT2D eigenvalue weighted by atomic mass is 10.1. The SMILES string of the molecule is CCOC(=O)c1sc(NC(=O)CSc2nnc(CNC(=O)c3cccs3)n2Cc2ccccc2)c(C(=O)OCC)c1C. The number of anilines is 1. The number of thioether (sulfide) groups is 1. The number of benzene rings is 1. The van der Waals surface area contributed by atoms with Crippen molar-refractivity contribution < 1.29 is 28.7 Å². The molecular formula is C28H29N5O6S3. The number of esters is 2. The first-order valence-electron chi connectivity index (χ1n) is 13.0. The fraction of sp³-hybridized carbons (Fsp3) is 0.286. The van der Waals surface area contributed by atoms with Crippen molar-refractivity contribution in [2.75, 3.05) is 24.3 Å². The van der Waals surface area contributed by atoms with Crippen LogP contribution in [-0.4, -0.2) is 57.5 Å². The van der Waals surface area contributed by atoms with Crippen molar-refractivity contribution in [1.29, 1.82) is 0 Å². The van der Waals surface area contributed by atoms with Crippen molar-refractivity contribution in [3.8, 4) is 0 Å². The number of nitrogens with one attached hydrogen (secondary N) is 2. The maximum Gasteiger partial charge on any atom is 0.348 e. The molecule has 4 aromatic rings. The lowest BCUT2D eigenvalue weighted by Gasteiger charge is -2.11. The van der Waals surface area contributed by atoms with Crippen LogP contribution in [0.3, 0.4) is 0 Å². The van der Waals surface area contributed by atoms with Crippen molar-refractivity contribution in [3.63, 3.8) is 0 Å². The molecule has 0 saturated heterocycles. The summed E-state index contributed by atoms with van der Waals surface area (Å²) in [5.74, 6) is -1.36.